The molecule has 1 saturated heterocycles. The van der Waals surface area contributed by atoms with E-state index in [9.17, 15) is 14.9 Å². The number of non-ortho nitro benzene ring substituents is 1. The molecule has 0 atom stereocenters. The molecule has 0 saturated carbocycles. The van der Waals surface area contributed by atoms with Crippen LogP contribution in [0.25, 0.3) is 0 Å². The average Bonchev–Trinajstić information content (AvgIpc) is 2.64. The molecule has 0 aromatic heterocycles. The summed E-state index contributed by atoms with van der Waals surface area (Å²) in [6, 6.07) is 13.8. The molecule has 1 amide bonds. The van der Waals surface area contributed by atoms with Crippen LogP contribution in [0.5, 0.6) is 0 Å². The van der Waals surface area contributed by atoms with Gasteiger partial charge in [0, 0.05) is 49.0 Å². The Labute approximate surface area is 150 Å². The van der Waals surface area contributed by atoms with E-state index in [1.807, 2.05) is 17.0 Å². The summed E-state index contributed by atoms with van der Waals surface area (Å²) in [5.41, 5.74) is 1.98. The molecule has 130 valence electrons. The maximum atomic E-state index is 12.4. The van der Waals surface area contributed by atoms with E-state index in [1.54, 1.807) is 24.3 Å². The molecule has 25 heavy (non-hydrogen) atoms. The van der Waals surface area contributed by atoms with Crippen LogP contribution in [-0.2, 0) is 11.2 Å². The number of hydrogen-bond acceptors (Lipinski definition) is 4. The Hall–Kier alpha value is -2.60. The number of nitrogens with zero attached hydrogens (tertiary/aromatic N) is 3. The summed E-state index contributed by atoms with van der Waals surface area (Å²) in [7, 11) is 0. The number of hydrogen-bond donors (Lipinski definition) is 0. The molecule has 0 spiro atoms. The molecule has 0 N–H and O–H groups in total. The minimum atomic E-state index is -0.406. The van der Waals surface area contributed by atoms with Crippen molar-refractivity contribution in [1.82, 2.24) is 4.90 Å². The fraction of sp³-hybridized carbons (Fsp3) is 0.278. The van der Waals surface area contributed by atoms with Gasteiger partial charge in [-0.3, -0.25) is 14.9 Å². The van der Waals surface area contributed by atoms with Gasteiger partial charge in [-0.15, -0.1) is 0 Å². The number of rotatable bonds is 4. The van der Waals surface area contributed by atoms with Gasteiger partial charge in [0.15, 0.2) is 0 Å². The van der Waals surface area contributed by atoms with Gasteiger partial charge in [0.05, 0.1) is 11.3 Å². The molecule has 1 heterocycles. The highest BCUT2D eigenvalue weighted by Gasteiger charge is 2.21. The lowest BCUT2D eigenvalue weighted by atomic mass is 10.1. The van der Waals surface area contributed by atoms with Gasteiger partial charge >= 0.3 is 0 Å². The average molecular weight is 360 g/mol. The quantitative estimate of drug-likeness (QED) is 0.621. The third-order valence-corrected chi connectivity index (χ3v) is 4.58. The molecule has 7 heteroatoms. The fourth-order valence-electron chi connectivity index (χ4n) is 2.89. The largest absolute Gasteiger partial charge is 0.368 e. The van der Waals surface area contributed by atoms with Crippen LogP contribution >= 0.6 is 11.6 Å². The Kier molecular flexibility index (Phi) is 5.19. The van der Waals surface area contributed by atoms with E-state index in [1.165, 1.54) is 12.1 Å². The molecule has 1 fully saturated rings. The van der Waals surface area contributed by atoms with Crippen LogP contribution in [0.1, 0.15) is 5.56 Å². The number of anilines is 1. The zero-order chi connectivity index (χ0) is 17.8. The van der Waals surface area contributed by atoms with Crippen LogP contribution in [-0.4, -0.2) is 41.9 Å². The molecule has 0 bridgehead atoms. The van der Waals surface area contributed by atoms with Gasteiger partial charge in [0.2, 0.25) is 5.91 Å². The normalized spacial score (nSPS) is 14.4. The first-order valence-corrected chi connectivity index (χ1v) is 8.42. The molecule has 1 aliphatic heterocycles. The van der Waals surface area contributed by atoms with Crippen LogP contribution in [0, 0.1) is 10.1 Å². The number of amides is 1. The summed E-state index contributed by atoms with van der Waals surface area (Å²) in [5.74, 6) is 0.102. The Morgan fingerprint density at radius 3 is 2.16 bits per heavy atom. The topological polar surface area (TPSA) is 66.7 Å². The van der Waals surface area contributed by atoms with E-state index in [0.29, 0.717) is 37.6 Å². The number of benzene rings is 2. The lowest BCUT2D eigenvalue weighted by Gasteiger charge is -2.36. The SMILES string of the molecule is O=C(Cc1ccc(Cl)cc1)N1CCN(c2ccc([N+](=O)[O-])cc2)CC1. The second-order valence-corrected chi connectivity index (χ2v) is 6.38. The number of carbonyl (C=O) groups is 1. The summed E-state index contributed by atoms with van der Waals surface area (Å²) in [5, 5.41) is 11.4. The Morgan fingerprint density at radius 2 is 1.60 bits per heavy atom. The maximum absolute atomic E-state index is 12.4. The van der Waals surface area contributed by atoms with Crippen molar-refractivity contribution >= 4 is 28.9 Å². The number of nitro benzene ring substituents is 1. The van der Waals surface area contributed by atoms with Crippen LogP contribution in [0.3, 0.4) is 0 Å². The predicted molar refractivity (Wildman–Crippen MR) is 97.0 cm³/mol. The first-order chi connectivity index (χ1) is 12.0. The summed E-state index contributed by atoms with van der Waals surface area (Å²) < 4.78 is 0. The van der Waals surface area contributed by atoms with Crippen molar-refractivity contribution in [1.29, 1.82) is 0 Å². The van der Waals surface area contributed by atoms with Crippen molar-refractivity contribution in [2.75, 3.05) is 31.1 Å². The van der Waals surface area contributed by atoms with Gasteiger partial charge < -0.3 is 9.80 Å². The minimum Gasteiger partial charge on any atom is -0.368 e. The summed E-state index contributed by atoms with van der Waals surface area (Å²) in [6.45, 7) is 2.71. The van der Waals surface area contributed by atoms with Crippen LogP contribution in [0.4, 0.5) is 11.4 Å². The molecular weight excluding hydrogens is 342 g/mol. The van der Waals surface area contributed by atoms with Crippen LogP contribution in [0.2, 0.25) is 5.02 Å². The molecule has 1 aliphatic rings. The molecule has 0 radical (unpaired) electrons. The van der Waals surface area contributed by atoms with Crippen LogP contribution in [0.15, 0.2) is 48.5 Å². The van der Waals surface area contributed by atoms with Crippen molar-refractivity contribution in [3.63, 3.8) is 0 Å². The lowest BCUT2D eigenvalue weighted by molar-refractivity contribution is -0.384. The highest BCUT2D eigenvalue weighted by Crippen LogP contribution is 2.21. The van der Waals surface area contributed by atoms with Crippen molar-refractivity contribution in [2.24, 2.45) is 0 Å². The summed E-state index contributed by atoms with van der Waals surface area (Å²) in [4.78, 5) is 26.7. The monoisotopic (exact) mass is 359 g/mol. The second-order valence-electron chi connectivity index (χ2n) is 5.94. The standard InChI is InChI=1S/C18H18ClN3O3/c19-15-3-1-14(2-4-15)13-18(23)21-11-9-20(10-12-21)16-5-7-17(8-6-16)22(24)25/h1-8H,9-13H2. The smallest absolute Gasteiger partial charge is 0.269 e. The fourth-order valence-corrected chi connectivity index (χ4v) is 3.01. The Bertz CT molecular complexity index is 754. The third kappa shape index (κ3) is 4.28. The molecule has 0 aliphatic carbocycles. The van der Waals surface area contributed by atoms with Crippen molar-refractivity contribution in [3.8, 4) is 0 Å². The zero-order valence-corrected chi connectivity index (χ0v) is 14.4. The number of carbonyl (C=O) groups excluding carboxylic acids is 1. The number of nitro groups is 1. The Balaban J connectivity index is 1.55. The number of piperazine rings is 1. The molecular formula is C18H18ClN3O3. The highest BCUT2D eigenvalue weighted by molar-refractivity contribution is 6.30. The van der Waals surface area contributed by atoms with Crippen LogP contribution < -0.4 is 4.90 Å². The molecule has 2 aromatic carbocycles. The van der Waals surface area contributed by atoms with Gasteiger partial charge in [0.25, 0.3) is 5.69 Å². The molecule has 3 rings (SSSR count). The van der Waals surface area contributed by atoms with E-state index in [2.05, 4.69) is 4.90 Å². The first kappa shape index (κ1) is 17.2. The third-order valence-electron chi connectivity index (χ3n) is 4.33. The van der Waals surface area contributed by atoms with Gasteiger partial charge in [0.1, 0.15) is 0 Å². The van der Waals surface area contributed by atoms with E-state index in [4.69, 9.17) is 11.6 Å². The Morgan fingerprint density at radius 1 is 1.00 bits per heavy atom. The first-order valence-electron chi connectivity index (χ1n) is 8.04. The predicted octanol–water partition coefficient (Wildman–Crippen LogP) is 3.14. The van der Waals surface area contributed by atoms with Gasteiger partial charge in [-0.1, -0.05) is 23.7 Å². The van der Waals surface area contributed by atoms with E-state index in [-0.39, 0.29) is 11.6 Å². The van der Waals surface area contributed by atoms with Gasteiger partial charge in [-0.05, 0) is 29.8 Å². The van der Waals surface area contributed by atoms with Gasteiger partial charge in [-0.25, -0.2) is 0 Å². The highest BCUT2D eigenvalue weighted by atomic mass is 35.5. The van der Waals surface area contributed by atoms with E-state index >= 15 is 0 Å². The lowest BCUT2D eigenvalue weighted by Crippen LogP contribution is -2.49. The van der Waals surface area contributed by atoms with E-state index < -0.39 is 4.92 Å². The summed E-state index contributed by atoms with van der Waals surface area (Å²) >= 11 is 5.86. The maximum Gasteiger partial charge on any atom is 0.269 e. The van der Waals surface area contributed by atoms with Crippen molar-refractivity contribution in [3.05, 3.63) is 69.2 Å². The summed E-state index contributed by atoms with van der Waals surface area (Å²) in [6.07, 6.45) is 0.370. The van der Waals surface area contributed by atoms with E-state index in [0.717, 1.165) is 11.3 Å². The minimum absolute atomic E-state index is 0.0838. The van der Waals surface area contributed by atoms with Crippen molar-refractivity contribution < 1.29 is 9.72 Å². The molecule has 6 nitrogen and oxygen atoms in total. The van der Waals surface area contributed by atoms with Crippen molar-refractivity contribution in [2.45, 2.75) is 6.42 Å². The molecule has 2 aromatic rings. The number of halogens is 1. The van der Waals surface area contributed by atoms with Gasteiger partial charge in [-0.2, -0.15) is 0 Å². The molecule has 0 unspecified atom stereocenters. The zero-order valence-electron chi connectivity index (χ0n) is 13.6. The second kappa shape index (κ2) is 7.53.